The predicted molar refractivity (Wildman–Crippen MR) is 113 cm³/mol. The third kappa shape index (κ3) is 4.13. The Labute approximate surface area is 177 Å². The van der Waals surface area contributed by atoms with E-state index in [-0.39, 0.29) is 10.8 Å². The molecular weight excluding hydrogens is 404 g/mol. The maximum absolute atomic E-state index is 12.9. The number of nitrogens with zero attached hydrogens (tertiary/aromatic N) is 4. The Morgan fingerprint density at radius 3 is 2.17 bits per heavy atom. The highest BCUT2D eigenvalue weighted by Crippen LogP contribution is 2.22. The van der Waals surface area contributed by atoms with Gasteiger partial charge in [-0.2, -0.15) is 4.31 Å². The lowest BCUT2D eigenvalue weighted by Gasteiger charge is -2.34. The van der Waals surface area contributed by atoms with Gasteiger partial charge in [-0.15, -0.1) is 0 Å². The minimum Gasteiger partial charge on any atom is -0.497 e. The molecule has 2 aliphatic heterocycles. The molecule has 0 radical (unpaired) electrons. The normalized spacial score (nSPS) is 17.9. The molecular formula is C21H26N4O4S. The van der Waals surface area contributed by atoms with E-state index in [2.05, 4.69) is 4.98 Å². The molecule has 30 heavy (non-hydrogen) atoms. The van der Waals surface area contributed by atoms with Gasteiger partial charge in [0.2, 0.25) is 10.0 Å². The first kappa shape index (κ1) is 20.6. The molecule has 0 bridgehead atoms. The number of hydrogen-bond acceptors (Lipinski definition) is 6. The zero-order chi connectivity index (χ0) is 21.1. The molecule has 2 fully saturated rings. The Bertz CT molecular complexity index is 979. The summed E-state index contributed by atoms with van der Waals surface area (Å²) in [7, 11) is -1.99. The zero-order valence-corrected chi connectivity index (χ0v) is 17.8. The molecule has 0 unspecified atom stereocenters. The summed E-state index contributed by atoms with van der Waals surface area (Å²) in [5.74, 6) is 1.41. The van der Waals surface area contributed by atoms with Crippen LogP contribution in [-0.4, -0.2) is 74.9 Å². The highest BCUT2D eigenvalue weighted by Gasteiger charge is 2.29. The predicted octanol–water partition coefficient (Wildman–Crippen LogP) is 1.84. The van der Waals surface area contributed by atoms with Crippen LogP contribution in [0, 0.1) is 0 Å². The van der Waals surface area contributed by atoms with E-state index in [1.165, 1.54) is 4.31 Å². The lowest BCUT2D eigenvalue weighted by Crippen LogP contribution is -2.48. The van der Waals surface area contributed by atoms with E-state index in [1.807, 2.05) is 21.9 Å². The zero-order valence-electron chi connectivity index (χ0n) is 17.0. The highest BCUT2D eigenvalue weighted by molar-refractivity contribution is 7.89. The number of benzene rings is 1. The molecule has 0 aliphatic carbocycles. The van der Waals surface area contributed by atoms with Gasteiger partial charge in [0.25, 0.3) is 5.91 Å². The van der Waals surface area contributed by atoms with E-state index in [9.17, 15) is 13.2 Å². The molecule has 4 rings (SSSR count). The molecule has 0 saturated carbocycles. The van der Waals surface area contributed by atoms with Crippen LogP contribution in [-0.2, 0) is 10.0 Å². The monoisotopic (exact) mass is 430 g/mol. The largest absolute Gasteiger partial charge is 0.497 e. The number of likely N-dealkylation sites (tertiary alicyclic amines) is 1. The standard InChI is InChI=1S/C21H26N4O4S/c1-29-18-5-7-19(8-6-18)30(27,28)25-14-12-23(13-15-25)20-9-4-17(16-22-20)21(26)24-10-2-3-11-24/h4-9,16H,2-3,10-15H2,1H3. The number of rotatable bonds is 5. The average molecular weight is 431 g/mol. The number of amides is 1. The Balaban J connectivity index is 1.38. The summed E-state index contributed by atoms with van der Waals surface area (Å²) in [4.78, 5) is 21.1. The number of carbonyl (C=O) groups excluding carboxylic acids is 1. The Morgan fingerprint density at radius 2 is 1.60 bits per heavy atom. The fraction of sp³-hybridized carbons (Fsp3) is 0.429. The average Bonchev–Trinajstić information content (AvgIpc) is 3.34. The van der Waals surface area contributed by atoms with Crippen molar-refractivity contribution in [1.82, 2.24) is 14.2 Å². The summed E-state index contributed by atoms with van der Waals surface area (Å²) in [6.45, 7) is 3.47. The molecule has 2 aliphatic rings. The molecule has 1 aromatic carbocycles. The van der Waals surface area contributed by atoms with Crippen LogP contribution in [0.25, 0.3) is 0 Å². The van der Waals surface area contributed by atoms with Crippen molar-refractivity contribution in [3.8, 4) is 5.75 Å². The number of piperazine rings is 1. The molecule has 9 heteroatoms. The van der Waals surface area contributed by atoms with Crippen LogP contribution in [0.4, 0.5) is 5.82 Å². The van der Waals surface area contributed by atoms with Crippen molar-refractivity contribution in [2.75, 3.05) is 51.3 Å². The number of anilines is 1. The minimum absolute atomic E-state index is 0.0296. The third-order valence-electron chi connectivity index (χ3n) is 5.65. The molecule has 0 spiro atoms. The van der Waals surface area contributed by atoms with Crippen molar-refractivity contribution in [2.45, 2.75) is 17.7 Å². The van der Waals surface area contributed by atoms with Crippen LogP contribution in [0.5, 0.6) is 5.75 Å². The number of hydrogen-bond donors (Lipinski definition) is 0. The van der Waals surface area contributed by atoms with Crippen LogP contribution < -0.4 is 9.64 Å². The highest BCUT2D eigenvalue weighted by atomic mass is 32.2. The first-order chi connectivity index (χ1) is 14.5. The first-order valence-electron chi connectivity index (χ1n) is 10.1. The van der Waals surface area contributed by atoms with E-state index < -0.39 is 10.0 Å². The molecule has 8 nitrogen and oxygen atoms in total. The number of carbonyl (C=O) groups is 1. The topological polar surface area (TPSA) is 83.1 Å². The number of ether oxygens (including phenoxy) is 1. The van der Waals surface area contributed by atoms with E-state index in [0.717, 1.165) is 31.7 Å². The van der Waals surface area contributed by atoms with Crippen LogP contribution in [0.3, 0.4) is 0 Å². The minimum atomic E-state index is -3.54. The molecule has 160 valence electrons. The van der Waals surface area contributed by atoms with E-state index >= 15 is 0 Å². The quantitative estimate of drug-likeness (QED) is 0.720. The number of pyridine rings is 1. The van der Waals surface area contributed by atoms with Crippen molar-refractivity contribution in [1.29, 1.82) is 0 Å². The third-order valence-corrected chi connectivity index (χ3v) is 7.56. The summed E-state index contributed by atoms with van der Waals surface area (Å²) in [6, 6.07) is 10.1. The summed E-state index contributed by atoms with van der Waals surface area (Å²) in [5.41, 5.74) is 0.598. The molecule has 1 amide bonds. The number of sulfonamides is 1. The maximum Gasteiger partial charge on any atom is 0.255 e. The van der Waals surface area contributed by atoms with Crippen LogP contribution in [0.1, 0.15) is 23.2 Å². The maximum atomic E-state index is 12.9. The fourth-order valence-electron chi connectivity index (χ4n) is 3.86. The lowest BCUT2D eigenvalue weighted by molar-refractivity contribution is 0.0792. The van der Waals surface area contributed by atoms with E-state index in [0.29, 0.717) is 37.5 Å². The molecule has 2 aromatic rings. The second-order valence-electron chi connectivity index (χ2n) is 7.47. The van der Waals surface area contributed by atoms with Gasteiger partial charge < -0.3 is 14.5 Å². The summed E-state index contributed by atoms with van der Waals surface area (Å²) < 4.78 is 32.4. The van der Waals surface area contributed by atoms with Gasteiger partial charge in [0.1, 0.15) is 11.6 Å². The van der Waals surface area contributed by atoms with E-state index in [4.69, 9.17) is 4.74 Å². The Hall–Kier alpha value is -2.65. The summed E-state index contributed by atoms with van der Waals surface area (Å²) in [5, 5.41) is 0. The number of aromatic nitrogens is 1. The van der Waals surface area contributed by atoms with Crippen molar-refractivity contribution >= 4 is 21.7 Å². The van der Waals surface area contributed by atoms with Crippen molar-refractivity contribution < 1.29 is 17.9 Å². The summed E-state index contributed by atoms with van der Waals surface area (Å²) in [6.07, 6.45) is 3.73. The molecule has 3 heterocycles. The smallest absolute Gasteiger partial charge is 0.255 e. The van der Waals surface area contributed by atoms with Crippen LogP contribution >= 0.6 is 0 Å². The van der Waals surface area contributed by atoms with Gasteiger partial charge in [-0.25, -0.2) is 13.4 Å². The van der Waals surface area contributed by atoms with Crippen molar-refractivity contribution in [3.05, 3.63) is 48.2 Å². The summed E-state index contributed by atoms with van der Waals surface area (Å²) >= 11 is 0. The van der Waals surface area contributed by atoms with Crippen LogP contribution in [0.2, 0.25) is 0 Å². The molecule has 0 N–H and O–H groups in total. The second kappa shape index (κ2) is 8.61. The number of methoxy groups -OCH3 is 1. The van der Waals surface area contributed by atoms with E-state index in [1.54, 1.807) is 37.6 Å². The van der Waals surface area contributed by atoms with Crippen molar-refractivity contribution in [3.63, 3.8) is 0 Å². The van der Waals surface area contributed by atoms with Gasteiger partial charge in [0.05, 0.1) is 17.6 Å². The van der Waals surface area contributed by atoms with Crippen LogP contribution in [0.15, 0.2) is 47.5 Å². The van der Waals surface area contributed by atoms with Gasteiger partial charge in [-0.1, -0.05) is 0 Å². The SMILES string of the molecule is COc1ccc(S(=O)(=O)N2CCN(c3ccc(C(=O)N4CCCC4)cn3)CC2)cc1. The second-order valence-corrected chi connectivity index (χ2v) is 9.41. The Morgan fingerprint density at radius 1 is 0.933 bits per heavy atom. The van der Waals surface area contributed by atoms with Gasteiger partial charge in [-0.3, -0.25) is 4.79 Å². The fourth-order valence-corrected chi connectivity index (χ4v) is 5.28. The first-order valence-corrected chi connectivity index (χ1v) is 11.6. The molecule has 0 atom stereocenters. The van der Waals surface area contributed by atoms with Gasteiger partial charge >= 0.3 is 0 Å². The lowest BCUT2D eigenvalue weighted by atomic mass is 10.2. The van der Waals surface area contributed by atoms with Gasteiger partial charge in [-0.05, 0) is 49.2 Å². The Kier molecular flexibility index (Phi) is 5.92. The van der Waals surface area contributed by atoms with Gasteiger partial charge in [0.15, 0.2) is 0 Å². The molecule has 2 saturated heterocycles. The van der Waals surface area contributed by atoms with Gasteiger partial charge in [0, 0.05) is 45.5 Å². The molecule has 1 aromatic heterocycles. The van der Waals surface area contributed by atoms with Crippen molar-refractivity contribution in [2.24, 2.45) is 0 Å².